The number of benzene rings is 1. The van der Waals surface area contributed by atoms with Gasteiger partial charge in [0.25, 0.3) is 0 Å². The van der Waals surface area contributed by atoms with Crippen molar-refractivity contribution in [3.05, 3.63) is 29.8 Å². The Morgan fingerprint density at radius 1 is 1.15 bits per heavy atom. The fourth-order valence-electron chi connectivity index (χ4n) is 0.892. The fraction of sp³-hybridized carbons (Fsp3) is 0.455. The molecule has 2 heteroatoms. The molecule has 0 aliphatic carbocycles. The van der Waals surface area contributed by atoms with Crippen LogP contribution in [0.25, 0.3) is 0 Å². The van der Waals surface area contributed by atoms with Crippen LogP contribution in [0.5, 0.6) is 0 Å². The molecule has 0 aromatic heterocycles. The van der Waals surface area contributed by atoms with Crippen LogP contribution in [-0.2, 0) is 11.3 Å². The van der Waals surface area contributed by atoms with Crippen LogP contribution < -0.4 is 0 Å². The quantitative estimate of drug-likeness (QED) is 0.714. The molecule has 0 spiro atoms. The smallest absolute Gasteiger partial charge is 0.0724 e. The summed E-state index contributed by atoms with van der Waals surface area (Å²) < 4.78 is 5.63. The molecule has 0 fully saturated rings. The van der Waals surface area contributed by atoms with Gasteiger partial charge in [-0.1, -0.05) is 12.1 Å². The van der Waals surface area contributed by atoms with Crippen LogP contribution in [0.4, 0.5) is 0 Å². The highest BCUT2D eigenvalue weighted by atomic mass is 32.1. The molecule has 13 heavy (non-hydrogen) atoms. The van der Waals surface area contributed by atoms with E-state index in [2.05, 4.69) is 33.4 Å². The van der Waals surface area contributed by atoms with Gasteiger partial charge in [-0.2, -0.15) is 0 Å². The highest BCUT2D eigenvalue weighted by Gasteiger charge is 2.09. The predicted octanol–water partition coefficient (Wildman–Crippen LogP) is 3.29. The molecule has 0 saturated carbocycles. The van der Waals surface area contributed by atoms with Gasteiger partial charge in [0.05, 0.1) is 12.2 Å². The molecule has 0 saturated heterocycles. The Kier molecular flexibility index (Phi) is 3.40. The third kappa shape index (κ3) is 4.34. The van der Waals surface area contributed by atoms with Gasteiger partial charge in [0.1, 0.15) is 0 Å². The van der Waals surface area contributed by atoms with Gasteiger partial charge in [0.2, 0.25) is 0 Å². The number of hydrogen-bond donors (Lipinski definition) is 1. The van der Waals surface area contributed by atoms with E-state index in [1.54, 1.807) is 0 Å². The van der Waals surface area contributed by atoms with E-state index < -0.39 is 0 Å². The molecule has 0 bridgehead atoms. The van der Waals surface area contributed by atoms with Crippen molar-refractivity contribution in [2.75, 3.05) is 0 Å². The standard InChI is InChI=1S/C11H16OS/c1-11(2,3)12-8-9-4-6-10(13)7-5-9/h4-7,13H,8H2,1-3H3. The Morgan fingerprint density at radius 2 is 1.69 bits per heavy atom. The van der Waals surface area contributed by atoms with E-state index in [9.17, 15) is 0 Å². The van der Waals surface area contributed by atoms with Crippen LogP contribution in [-0.4, -0.2) is 5.60 Å². The Hall–Kier alpha value is -0.470. The Balaban J connectivity index is 2.51. The maximum atomic E-state index is 5.63. The molecular weight excluding hydrogens is 180 g/mol. The first kappa shape index (κ1) is 10.6. The highest BCUT2D eigenvalue weighted by Crippen LogP contribution is 2.13. The molecule has 0 atom stereocenters. The van der Waals surface area contributed by atoms with E-state index in [-0.39, 0.29) is 5.60 Å². The second-order valence-electron chi connectivity index (χ2n) is 4.07. The van der Waals surface area contributed by atoms with Crippen molar-refractivity contribution in [2.45, 2.75) is 37.9 Å². The summed E-state index contributed by atoms with van der Waals surface area (Å²) in [5, 5.41) is 0. The van der Waals surface area contributed by atoms with Crippen LogP contribution in [0.2, 0.25) is 0 Å². The van der Waals surface area contributed by atoms with Crippen LogP contribution in [0.3, 0.4) is 0 Å². The molecule has 1 rings (SSSR count). The van der Waals surface area contributed by atoms with Gasteiger partial charge in [-0.3, -0.25) is 0 Å². The van der Waals surface area contributed by atoms with Crippen molar-refractivity contribution < 1.29 is 4.74 Å². The molecule has 72 valence electrons. The summed E-state index contributed by atoms with van der Waals surface area (Å²) in [7, 11) is 0. The van der Waals surface area contributed by atoms with Crippen LogP contribution >= 0.6 is 12.6 Å². The zero-order valence-corrected chi connectivity index (χ0v) is 9.27. The molecule has 1 aromatic carbocycles. The average molecular weight is 196 g/mol. The average Bonchev–Trinajstić information content (AvgIpc) is 2.02. The monoisotopic (exact) mass is 196 g/mol. The van der Waals surface area contributed by atoms with Gasteiger partial charge in [-0.15, -0.1) is 12.6 Å². The van der Waals surface area contributed by atoms with Crippen LogP contribution in [0, 0.1) is 0 Å². The van der Waals surface area contributed by atoms with E-state index in [4.69, 9.17) is 4.74 Å². The summed E-state index contributed by atoms with van der Waals surface area (Å²) in [6.45, 7) is 6.83. The minimum Gasteiger partial charge on any atom is -0.371 e. The van der Waals surface area contributed by atoms with Gasteiger partial charge in [0, 0.05) is 4.90 Å². The number of thiol groups is 1. The SMILES string of the molecule is CC(C)(C)OCc1ccc(S)cc1. The largest absolute Gasteiger partial charge is 0.371 e. The Labute approximate surface area is 85.5 Å². The third-order valence-electron chi connectivity index (χ3n) is 1.61. The van der Waals surface area contributed by atoms with Crippen molar-refractivity contribution >= 4 is 12.6 Å². The lowest BCUT2D eigenvalue weighted by atomic mass is 10.2. The minimum absolute atomic E-state index is 0.0698. The molecule has 0 unspecified atom stereocenters. The summed E-state index contributed by atoms with van der Waals surface area (Å²) in [4.78, 5) is 0.986. The lowest BCUT2D eigenvalue weighted by Crippen LogP contribution is -2.18. The highest BCUT2D eigenvalue weighted by molar-refractivity contribution is 7.80. The summed E-state index contributed by atoms with van der Waals surface area (Å²) >= 11 is 4.22. The predicted molar refractivity (Wildman–Crippen MR) is 58.2 cm³/mol. The van der Waals surface area contributed by atoms with Crippen LogP contribution in [0.1, 0.15) is 26.3 Å². The van der Waals surface area contributed by atoms with E-state index >= 15 is 0 Å². The minimum atomic E-state index is -0.0698. The molecule has 0 heterocycles. The first-order valence-electron chi connectivity index (χ1n) is 4.39. The molecule has 0 N–H and O–H groups in total. The first-order chi connectivity index (χ1) is 5.97. The van der Waals surface area contributed by atoms with Crippen molar-refractivity contribution in [1.29, 1.82) is 0 Å². The second kappa shape index (κ2) is 4.16. The summed E-state index contributed by atoms with van der Waals surface area (Å²) in [6.07, 6.45) is 0. The van der Waals surface area contributed by atoms with Gasteiger partial charge < -0.3 is 4.74 Å². The Bertz CT molecular complexity index is 258. The lowest BCUT2D eigenvalue weighted by Gasteiger charge is -2.19. The fourth-order valence-corrected chi connectivity index (χ4v) is 1.04. The van der Waals surface area contributed by atoms with E-state index in [1.807, 2.05) is 24.3 Å². The maximum absolute atomic E-state index is 5.63. The molecule has 0 aliphatic rings. The van der Waals surface area contributed by atoms with Crippen molar-refractivity contribution in [3.8, 4) is 0 Å². The number of ether oxygens (including phenoxy) is 1. The summed E-state index contributed by atoms with van der Waals surface area (Å²) in [6, 6.07) is 8.02. The zero-order chi connectivity index (χ0) is 9.90. The lowest BCUT2D eigenvalue weighted by molar-refractivity contribution is -0.0149. The Morgan fingerprint density at radius 3 is 2.15 bits per heavy atom. The van der Waals surface area contributed by atoms with E-state index in [0.29, 0.717) is 6.61 Å². The second-order valence-corrected chi connectivity index (χ2v) is 4.58. The van der Waals surface area contributed by atoms with Crippen molar-refractivity contribution in [3.63, 3.8) is 0 Å². The molecule has 0 aliphatic heterocycles. The summed E-state index contributed by atoms with van der Waals surface area (Å²) in [5.41, 5.74) is 1.12. The van der Waals surface area contributed by atoms with Crippen molar-refractivity contribution in [2.24, 2.45) is 0 Å². The van der Waals surface area contributed by atoms with Crippen molar-refractivity contribution in [1.82, 2.24) is 0 Å². The molecule has 0 radical (unpaired) electrons. The van der Waals surface area contributed by atoms with Gasteiger partial charge in [-0.25, -0.2) is 0 Å². The van der Waals surface area contributed by atoms with E-state index in [1.165, 1.54) is 5.56 Å². The first-order valence-corrected chi connectivity index (χ1v) is 4.84. The number of rotatable bonds is 2. The van der Waals surface area contributed by atoms with Gasteiger partial charge in [0.15, 0.2) is 0 Å². The maximum Gasteiger partial charge on any atom is 0.0724 e. The normalized spacial score (nSPS) is 11.7. The van der Waals surface area contributed by atoms with E-state index in [0.717, 1.165) is 4.90 Å². The number of hydrogen-bond acceptors (Lipinski definition) is 2. The zero-order valence-electron chi connectivity index (χ0n) is 8.37. The molecular formula is C11H16OS. The van der Waals surface area contributed by atoms with Gasteiger partial charge in [-0.05, 0) is 38.5 Å². The van der Waals surface area contributed by atoms with Gasteiger partial charge >= 0.3 is 0 Å². The molecule has 1 aromatic rings. The van der Waals surface area contributed by atoms with Crippen LogP contribution in [0.15, 0.2) is 29.2 Å². The topological polar surface area (TPSA) is 9.23 Å². The molecule has 0 amide bonds. The molecule has 1 nitrogen and oxygen atoms in total. The summed E-state index contributed by atoms with van der Waals surface area (Å²) in [5.74, 6) is 0. The third-order valence-corrected chi connectivity index (χ3v) is 1.91.